The number of aromatic nitrogens is 3. The van der Waals surface area contributed by atoms with Gasteiger partial charge in [0, 0.05) is 38.7 Å². The molecule has 1 aromatic rings. The molecule has 8 heteroatoms. The summed E-state index contributed by atoms with van der Waals surface area (Å²) in [6.45, 7) is 7.50. The van der Waals surface area contributed by atoms with Gasteiger partial charge in [0.25, 0.3) is 0 Å². The first kappa shape index (κ1) is 17.5. The quantitative estimate of drug-likeness (QED) is 0.451. The summed E-state index contributed by atoms with van der Waals surface area (Å²) in [6.07, 6.45) is 4.13. The van der Waals surface area contributed by atoms with Gasteiger partial charge in [-0.05, 0) is 19.8 Å². The number of guanidine groups is 1. The summed E-state index contributed by atoms with van der Waals surface area (Å²) >= 11 is 0. The molecule has 1 aromatic heterocycles. The second-order valence-electron chi connectivity index (χ2n) is 5.91. The van der Waals surface area contributed by atoms with Gasteiger partial charge in [0.15, 0.2) is 11.8 Å². The number of likely N-dealkylation sites (tertiary alicyclic amines) is 1. The molecule has 0 bridgehead atoms. The molecule has 7 nitrogen and oxygen atoms in total. The number of aliphatic imine (C=N–C) groups is 1. The van der Waals surface area contributed by atoms with Crippen LogP contribution in [0, 0.1) is 5.41 Å². The SMILES string of the molecule is CCn1cnnc1CNC(=NC)N1CCC2(CCOC2)C1.I. The predicted octanol–water partition coefficient (Wildman–Crippen LogP) is 1.10. The second kappa shape index (κ2) is 7.58. The minimum absolute atomic E-state index is 0. The molecule has 0 radical (unpaired) electrons. The third-order valence-corrected chi connectivity index (χ3v) is 4.58. The van der Waals surface area contributed by atoms with Gasteiger partial charge in [-0.2, -0.15) is 0 Å². The van der Waals surface area contributed by atoms with Gasteiger partial charge in [-0.15, -0.1) is 34.2 Å². The first-order chi connectivity index (χ1) is 10.3. The molecule has 1 atom stereocenters. The van der Waals surface area contributed by atoms with Gasteiger partial charge in [0.2, 0.25) is 0 Å². The van der Waals surface area contributed by atoms with E-state index in [9.17, 15) is 0 Å². The van der Waals surface area contributed by atoms with E-state index in [2.05, 4.69) is 32.3 Å². The Kier molecular flexibility index (Phi) is 6.01. The van der Waals surface area contributed by atoms with Gasteiger partial charge >= 0.3 is 0 Å². The Morgan fingerprint density at radius 3 is 3.05 bits per heavy atom. The van der Waals surface area contributed by atoms with Crippen molar-refractivity contribution in [1.82, 2.24) is 25.0 Å². The molecule has 0 aliphatic carbocycles. The molecule has 0 aromatic carbocycles. The van der Waals surface area contributed by atoms with Crippen LogP contribution in [-0.2, 0) is 17.8 Å². The van der Waals surface area contributed by atoms with Crippen molar-refractivity contribution in [2.75, 3.05) is 33.4 Å². The molecular weight excluding hydrogens is 395 g/mol. The molecular formula is C14H25IN6O. The van der Waals surface area contributed by atoms with E-state index in [0.29, 0.717) is 12.0 Å². The van der Waals surface area contributed by atoms with E-state index >= 15 is 0 Å². The number of halogens is 1. The molecule has 1 unspecified atom stereocenters. The number of hydrogen-bond donors (Lipinski definition) is 1. The smallest absolute Gasteiger partial charge is 0.194 e. The largest absolute Gasteiger partial charge is 0.381 e. The maximum atomic E-state index is 5.58. The molecule has 124 valence electrons. The highest BCUT2D eigenvalue weighted by Gasteiger charge is 2.42. The lowest BCUT2D eigenvalue weighted by Crippen LogP contribution is -2.41. The van der Waals surface area contributed by atoms with Crippen molar-refractivity contribution in [2.45, 2.75) is 32.9 Å². The molecule has 2 aliphatic rings. The van der Waals surface area contributed by atoms with Crippen LogP contribution >= 0.6 is 24.0 Å². The molecule has 0 amide bonds. The van der Waals surface area contributed by atoms with Crippen molar-refractivity contribution in [2.24, 2.45) is 10.4 Å². The van der Waals surface area contributed by atoms with Crippen molar-refractivity contribution in [1.29, 1.82) is 0 Å². The Hall–Kier alpha value is -0.900. The van der Waals surface area contributed by atoms with Crippen LogP contribution in [0.2, 0.25) is 0 Å². The van der Waals surface area contributed by atoms with Crippen LogP contribution in [0.15, 0.2) is 11.3 Å². The summed E-state index contributed by atoms with van der Waals surface area (Å²) in [4.78, 5) is 6.75. The normalized spacial score (nSPS) is 24.8. The van der Waals surface area contributed by atoms with Gasteiger partial charge in [-0.25, -0.2) is 0 Å². The van der Waals surface area contributed by atoms with E-state index in [1.165, 1.54) is 12.8 Å². The Morgan fingerprint density at radius 2 is 2.36 bits per heavy atom. The van der Waals surface area contributed by atoms with Crippen LogP contribution in [0.3, 0.4) is 0 Å². The summed E-state index contributed by atoms with van der Waals surface area (Å²) in [5.41, 5.74) is 0.348. The fourth-order valence-corrected chi connectivity index (χ4v) is 3.26. The molecule has 3 heterocycles. The average Bonchev–Trinajstić information content (AvgIpc) is 3.23. The first-order valence-corrected chi connectivity index (χ1v) is 7.66. The topological polar surface area (TPSA) is 67.6 Å². The predicted molar refractivity (Wildman–Crippen MR) is 95.4 cm³/mol. The Labute approximate surface area is 148 Å². The lowest BCUT2D eigenvalue weighted by molar-refractivity contribution is 0.156. The highest BCUT2D eigenvalue weighted by atomic mass is 127. The summed E-state index contributed by atoms with van der Waals surface area (Å²) in [7, 11) is 1.84. The summed E-state index contributed by atoms with van der Waals surface area (Å²) in [6, 6.07) is 0. The third kappa shape index (κ3) is 3.53. The van der Waals surface area contributed by atoms with Crippen molar-refractivity contribution in [3.63, 3.8) is 0 Å². The number of ether oxygens (including phenoxy) is 1. The van der Waals surface area contributed by atoms with Crippen LogP contribution in [-0.4, -0.2) is 59.0 Å². The van der Waals surface area contributed by atoms with Gasteiger partial charge in [-0.3, -0.25) is 4.99 Å². The number of rotatable bonds is 3. The fraction of sp³-hybridized carbons (Fsp3) is 0.786. The fourth-order valence-electron chi connectivity index (χ4n) is 3.26. The molecule has 0 saturated carbocycles. The van der Waals surface area contributed by atoms with E-state index < -0.39 is 0 Å². The molecule has 2 fully saturated rings. The van der Waals surface area contributed by atoms with Gasteiger partial charge in [-0.1, -0.05) is 0 Å². The maximum Gasteiger partial charge on any atom is 0.194 e. The zero-order valence-corrected chi connectivity index (χ0v) is 15.6. The molecule has 2 aliphatic heterocycles. The lowest BCUT2D eigenvalue weighted by atomic mass is 9.87. The number of hydrogen-bond acceptors (Lipinski definition) is 4. The van der Waals surface area contributed by atoms with Crippen LogP contribution in [0.4, 0.5) is 0 Å². The standard InChI is InChI=1S/C14H24N6O.HI/c1-3-19-11-17-18-12(19)8-16-13(15-2)20-6-4-14(9-20)5-7-21-10-14;/h11H,3-10H2,1-2H3,(H,15,16);1H. The maximum absolute atomic E-state index is 5.58. The van der Waals surface area contributed by atoms with Crippen molar-refractivity contribution in [3.05, 3.63) is 12.2 Å². The van der Waals surface area contributed by atoms with E-state index in [1.54, 1.807) is 6.33 Å². The first-order valence-electron chi connectivity index (χ1n) is 7.66. The molecule has 2 saturated heterocycles. The Balaban J connectivity index is 0.00000176. The summed E-state index contributed by atoms with van der Waals surface area (Å²) in [5, 5.41) is 11.5. The zero-order chi connectivity index (χ0) is 14.7. The van der Waals surface area contributed by atoms with Crippen LogP contribution in [0.25, 0.3) is 0 Å². The zero-order valence-electron chi connectivity index (χ0n) is 13.3. The van der Waals surface area contributed by atoms with Crippen LogP contribution in [0.1, 0.15) is 25.6 Å². The van der Waals surface area contributed by atoms with Gasteiger partial charge < -0.3 is 19.5 Å². The van der Waals surface area contributed by atoms with Gasteiger partial charge in [0.1, 0.15) is 6.33 Å². The second-order valence-corrected chi connectivity index (χ2v) is 5.91. The van der Waals surface area contributed by atoms with E-state index in [1.807, 2.05) is 11.6 Å². The van der Waals surface area contributed by atoms with Gasteiger partial charge in [0.05, 0.1) is 13.2 Å². The highest BCUT2D eigenvalue weighted by molar-refractivity contribution is 14.0. The van der Waals surface area contributed by atoms with E-state index in [4.69, 9.17) is 4.74 Å². The van der Waals surface area contributed by atoms with E-state index in [0.717, 1.165) is 44.6 Å². The van der Waals surface area contributed by atoms with Crippen molar-refractivity contribution >= 4 is 29.9 Å². The number of nitrogens with one attached hydrogen (secondary N) is 1. The molecule has 3 rings (SSSR count). The molecule has 1 spiro atoms. The molecule has 1 N–H and O–H groups in total. The van der Waals surface area contributed by atoms with Crippen LogP contribution in [0.5, 0.6) is 0 Å². The van der Waals surface area contributed by atoms with Crippen LogP contribution < -0.4 is 5.32 Å². The monoisotopic (exact) mass is 420 g/mol. The Morgan fingerprint density at radius 1 is 1.50 bits per heavy atom. The minimum Gasteiger partial charge on any atom is -0.381 e. The molecule has 22 heavy (non-hydrogen) atoms. The summed E-state index contributed by atoms with van der Waals surface area (Å²) in [5.74, 6) is 1.89. The Bertz CT molecular complexity index is 511. The van der Waals surface area contributed by atoms with Crippen molar-refractivity contribution in [3.8, 4) is 0 Å². The number of aryl methyl sites for hydroxylation is 1. The average molecular weight is 420 g/mol. The van der Waals surface area contributed by atoms with E-state index in [-0.39, 0.29) is 24.0 Å². The number of nitrogens with zero attached hydrogens (tertiary/aromatic N) is 5. The lowest BCUT2D eigenvalue weighted by Gasteiger charge is -2.24. The third-order valence-electron chi connectivity index (χ3n) is 4.58. The minimum atomic E-state index is 0. The highest BCUT2D eigenvalue weighted by Crippen LogP contribution is 2.38. The van der Waals surface area contributed by atoms with Crippen molar-refractivity contribution < 1.29 is 4.74 Å². The summed E-state index contributed by atoms with van der Waals surface area (Å²) < 4.78 is 7.62.